The monoisotopic (exact) mass is 977 g/mol. The van der Waals surface area contributed by atoms with E-state index in [4.69, 9.17) is 0 Å². The number of unbranched alkanes of at least 4 members (excludes halogenated alkanes) is 32. The summed E-state index contributed by atoms with van der Waals surface area (Å²) in [6.07, 6.45) is 70.5. The molecular formula is C69H132O. The summed E-state index contributed by atoms with van der Waals surface area (Å²) in [5, 5.41) is 12.1. The van der Waals surface area contributed by atoms with Gasteiger partial charge < -0.3 is 5.11 Å². The molecule has 1 heteroatoms. The molecule has 0 heterocycles. The van der Waals surface area contributed by atoms with Gasteiger partial charge in [0.2, 0.25) is 0 Å². The normalized spacial score (nSPS) is 29.0. The lowest BCUT2D eigenvalue weighted by Gasteiger charge is -2.66. The number of fused-ring (bicyclic) bond motifs is 5. The van der Waals surface area contributed by atoms with Crippen LogP contribution in [0.4, 0.5) is 0 Å². The van der Waals surface area contributed by atoms with Gasteiger partial charge in [-0.1, -0.05) is 299 Å². The first-order valence-electron chi connectivity index (χ1n) is 33.7. The van der Waals surface area contributed by atoms with E-state index in [0.29, 0.717) is 22.2 Å². The summed E-state index contributed by atoms with van der Waals surface area (Å²) in [5.74, 6) is 6.89. The van der Waals surface area contributed by atoms with Gasteiger partial charge in [-0.25, -0.2) is 0 Å². The molecule has 4 fully saturated rings. The average Bonchev–Trinajstić information content (AvgIpc) is 3.71. The molecule has 0 radical (unpaired) electrons. The zero-order valence-corrected chi connectivity index (χ0v) is 49.8. The van der Waals surface area contributed by atoms with Crippen LogP contribution in [-0.2, 0) is 0 Å². The summed E-state index contributed by atoms with van der Waals surface area (Å²) in [7, 11) is 0. The first-order chi connectivity index (χ1) is 34.1. The Kier molecular flexibility index (Phi) is 32.2. The lowest BCUT2D eigenvalue weighted by Crippen LogP contribution is -2.60. The minimum atomic E-state index is -0.0713. The van der Waals surface area contributed by atoms with Crippen molar-refractivity contribution in [3.8, 4) is 0 Å². The number of aliphatic hydroxyl groups is 1. The highest BCUT2D eigenvalue weighted by Gasteiger charge is 2.65. The molecule has 0 spiro atoms. The van der Waals surface area contributed by atoms with E-state index in [1.165, 1.54) is 302 Å². The van der Waals surface area contributed by atoms with Crippen molar-refractivity contribution < 1.29 is 5.11 Å². The maximum absolute atomic E-state index is 12.1. The lowest BCUT2D eigenvalue weighted by atomic mass is 9.38. The molecule has 0 bridgehead atoms. The van der Waals surface area contributed by atoms with Gasteiger partial charge in [0, 0.05) is 0 Å². The molecule has 4 rings (SSSR count). The molecule has 4 aliphatic carbocycles. The lowest BCUT2D eigenvalue weighted by molar-refractivity contribution is -0.191. The largest absolute Gasteiger partial charge is 0.393 e. The second-order valence-electron chi connectivity index (χ2n) is 27.7. The van der Waals surface area contributed by atoms with E-state index in [1.54, 1.807) is 0 Å². The molecule has 70 heavy (non-hydrogen) atoms. The van der Waals surface area contributed by atoms with Gasteiger partial charge in [0.05, 0.1) is 6.10 Å². The first kappa shape index (κ1) is 62.5. The second kappa shape index (κ2) is 36.1. The van der Waals surface area contributed by atoms with Gasteiger partial charge in [-0.3, -0.25) is 0 Å². The van der Waals surface area contributed by atoms with E-state index in [1.807, 2.05) is 0 Å². The Morgan fingerprint density at radius 2 is 0.829 bits per heavy atom. The van der Waals surface area contributed by atoms with E-state index in [9.17, 15) is 5.11 Å². The molecule has 4 saturated carbocycles. The van der Waals surface area contributed by atoms with Crippen molar-refractivity contribution in [2.24, 2.45) is 63.6 Å². The maximum Gasteiger partial charge on any atom is 0.0546 e. The van der Waals surface area contributed by atoms with Crippen LogP contribution in [0.1, 0.15) is 370 Å². The van der Waals surface area contributed by atoms with E-state index < -0.39 is 0 Å². The zero-order valence-electron chi connectivity index (χ0n) is 49.8. The summed E-state index contributed by atoms with van der Waals surface area (Å²) in [4.78, 5) is 0. The Labute approximate surface area is 442 Å². The van der Waals surface area contributed by atoms with Crippen LogP contribution < -0.4 is 0 Å². The van der Waals surface area contributed by atoms with Gasteiger partial charge in [0.25, 0.3) is 0 Å². The number of aliphatic hydroxyl groups excluding tert-OH is 1. The second-order valence-corrected chi connectivity index (χ2v) is 27.7. The van der Waals surface area contributed by atoms with Gasteiger partial charge in [-0.2, -0.15) is 0 Å². The summed E-state index contributed by atoms with van der Waals surface area (Å²) < 4.78 is 0. The minimum Gasteiger partial charge on any atom is -0.393 e. The van der Waals surface area contributed by atoms with Crippen LogP contribution in [0.5, 0.6) is 0 Å². The molecule has 11 atom stereocenters. The van der Waals surface area contributed by atoms with Crippen molar-refractivity contribution in [2.75, 3.05) is 0 Å². The van der Waals surface area contributed by atoms with Crippen molar-refractivity contribution in [1.29, 1.82) is 0 Å². The van der Waals surface area contributed by atoms with Crippen LogP contribution in [0.3, 0.4) is 0 Å². The molecule has 0 aliphatic heterocycles. The minimum absolute atomic E-state index is 0.0713. The van der Waals surface area contributed by atoms with Gasteiger partial charge >= 0.3 is 0 Å². The molecule has 1 N–H and O–H groups in total. The molecule has 0 aromatic heterocycles. The quantitative estimate of drug-likeness (QED) is 0.0603. The van der Waals surface area contributed by atoms with Crippen LogP contribution in [-0.4, -0.2) is 11.2 Å². The van der Waals surface area contributed by atoms with Crippen molar-refractivity contribution >= 4 is 0 Å². The Bertz CT molecular complexity index is 1240. The third-order valence-electron chi connectivity index (χ3n) is 22.1. The molecular weight excluding hydrogens is 845 g/mol. The van der Waals surface area contributed by atoms with E-state index >= 15 is 0 Å². The van der Waals surface area contributed by atoms with E-state index in [0.717, 1.165) is 54.3 Å². The average molecular weight is 978 g/mol. The fraction of sp³-hybridized carbons (Fsp3) is 1.00. The Morgan fingerprint density at radius 1 is 0.429 bits per heavy atom. The molecule has 0 aromatic carbocycles. The number of hydrogen-bond donors (Lipinski definition) is 1. The van der Waals surface area contributed by atoms with E-state index in [-0.39, 0.29) is 6.10 Å². The summed E-state index contributed by atoms with van der Waals surface area (Å²) >= 11 is 0. The van der Waals surface area contributed by atoms with Crippen LogP contribution >= 0.6 is 0 Å². The van der Waals surface area contributed by atoms with Crippen molar-refractivity contribution in [3.63, 3.8) is 0 Å². The SMILES string of the molecule is CCCCCCCCCCCCCCCCCCCCCCC(CCCCCCCC)(CCCCCCCCCCC)C1C[C@@H](O)C[C@H]2CC[C@@H]3[C@@H]4CC[C@H]([C@H](C)CCCC(C)C)[C@@]4(C)CC[C@@H]3[C@@]12C. The van der Waals surface area contributed by atoms with Gasteiger partial charge in [-0.05, 0) is 134 Å². The van der Waals surface area contributed by atoms with Crippen LogP contribution in [0.2, 0.25) is 0 Å². The van der Waals surface area contributed by atoms with Gasteiger partial charge in [0.1, 0.15) is 0 Å². The first-order valence-corrected chi connectivity index (χ1v) is 33.7. The standard InChI is InChI=1S/C69H132O/c1-9-12-15-18-21-23-24-25-26-27-28-29-30-31-32-33-35-37-40-43-54-69(52-41-38-20-17-14-11-3,53-42-39-36-34-22-19-16-13-10-2)66-57-61(70)56-60-47-48-62-64-50-49-63(59(6)46-44-45-58(4)5)67(64,7)55-51-65(62)68(60,66)8/h58-66,70H,9-57H2,1-8H3/t59-,60-,61+,62-,63-,64+,65+,66?,67-,68+,69?/m1/s1. The Balaban J connectivity index is 1.40. The molecule has 2 unspecified atom stereocenters. The smallest absolute Gasteiger partial charge is 0.0546 e. The molecule has 1 nitrogen and oxygen atoms in total. The molecule has 0 amide bonds. The maximum atomic E-state index is 12.1. The topological polar surface area (TPSA) is 20.2 Å². The zero-order chi connectivity index (χ0) is 50.3. The highest BCUT2D eigenvalue weighted by Crippen LogP contribution is 2.72. The summed E-state index contributed by atoms with van der Waals surface area (Å²) in [6.45, 7) is 20.3. The predicted octanol–water partition coefficient (Wildman–Crippen LogP) is 23.6. The van der Waals surface area contributed by atoms with E-state index in [2.05, 4.69) is 55.4 Å². The number of rotatable bonds is 44. The summed E-state index contributed by atoms with van der Waals surface area (Å²) in [6, 6.07) is 0. The van der Waals surface area contributed by atoms with Crippen LogP contribution in [0.15, 0.2) is 0 Å². The highest BCUT2D eigenvalue weighted by atomic mass is 16.3. The fourth-order valence-electron chi connectivity index (χ4n) is 17.9. The molecule has 0 aromatic rings. The number of hydrogen-bond acceptors (Lipinski definition) is 1. The van der Waals surface area contributed by atoms with Crippen molar-refractivity contribution in [3.05, 3.63) is 0 Å². The molecule has 4 aliphatic rings. The van der Waals surface area contributed by atoms with Crippen molar-refractivity contribution in [1.82, 2.24) is 0 Å². The Hall–Kier alpha value is -0.0400. The van der Waals surface area contributed by atoms with Crippen LogP contribution in [0.25, 0.3) is 0 Å². The predicted molar refractivity (Wildman–Crippen MR) is 313 cm³/mol. The van der Waals surface area contributed by atoms with Gasteiger partial charge in [-0.15, -0.1) is 0 Å². The fourth-order valence-corrected chi connectivity index (χ4v) is 17.9. The van der Waals surface area contributed by atoms with Crippen LogP contribution in [0, 0.1) is 63.6 Å². The highest BCUT2D eigenvalue weighted by molar-refractivity contribution is 5.13. The molecule has 0 saturated heterocycles. The van der Waals surface area contributed by atoms with Crippen molar-refractivity contribution in [2.45, 2.75) is 376 Å². The third kappa shape index (κ3) is 20.5. The summed E-state index contributed by atoms with van der Waals surface area (Å²) in [5.41, 5.74) is 1.38. The molecule has 414 valence electrons. The van der Waals surface area contributed by atoms with Gasteiger partial charge in [0.15, 0.2) is 0 Å². The third-order valence-corrected chi connectivity index (χ3v) is 22.1. The Morgan fingerprint density at radius 3 is 1.23 bits per heavy atom.